The van der Waals surface area contributed by atoms with Crippen LogP contribution in [0.1, 0.15) is 28.4 Å². The van der Waals surface area contributed by atoms with Crippen LogP contribution in [0.5, 0.6) is 0 Å². The summed E-state index contributed by atoms with van der Waals surface area (Å²) in [5.41, 5.74) is 2.57. The van der Waals surface area contributed by atoms with E-state index in [0.717, 1.165) is 6.54 Å². The van der Waals surface area contributed by atoms with E-state index in [-0.39, 0.29) is 0 Å². The van der Waals surface area contributed by atoms with Gasteiger partial charge in [-0.25, -0.2) is 4.98 Å². The van der Waals surface area contributed by atoms with E-state index in [0.29, 0.717) is 0 Å². The van der Waals surface area contributed by atoms with Crippen LogP contribution in [0.2, 0.25) is 0 Å². The number of thiazole rings is 1. The van der Waals surface area contributed by atoms with Gasteiger partial charge in [0.25, 0.3) is 0 Å². The highest BCUT2D eigenvalue weighted by molar-refractivity contribution is 7.11. The highest BCUT2D eigenvalue weighted by Crippen LogP contribution is 2.27. The molecular weight excluding hydrogens is 236 g/mol. The molecule has 2 heterocycles. The second-order valence-corrected chi connectivity index (χ2v) is 6.00. The van der Waals surface area contributed by atoms with E-state index in [1.807, 2.05) is 11.3 Å². The SMILES string of the molecule is c1cc(NCc2nc3c(s2)CCCC3)cs1. The zero-order valence-electron chi connectivity index (χ0n) is 9.03. The number of anilines is 1. The van der Waals surface area contributed by atoms with Crippen molar-refractivity contribution in [1.82, 2.24) is 4.98 Å². The predicted molar refractivity (Wildman–Crippen MR) is 70.4 cm³/mol. The third-order valence-electron chi connectivity index (χ3n) is 2.85. The monoisotopic (exact) mass is 250 g/mol. The van der Waals surface area contributed by atoms with E-state index in [4.69, 9.17) is 4.98 Å². The Hall–Kier alpha value is -0.870. The number of hydrogen-bond acceptors (Lipinski definition) is 4. The highest BCUT2D eigenvalue weighted by Gasteiger charge is 2.14. The third kappa shape index (κ3) is 2.13. The van der Waals surface area contributed by atoms with E-state index in [9.17, 15) is 0 Å². The van der Waals surface area contributed by atoms with E-state index >= 15 is 0 Å². The number of nitrogens with zero attached hydrogens (tertiary/aromatic N) is 1. The molecular formula is C12H14N2S2. The van der Waals surface area contributed by atoms with Crippen molar-refractivity contribution in [2.24, 2.45) is 0 Å². The van der Waals surface area contributed by atoms with Crippen LogP contribution in [0.3, 0.4) is 0 Å². The summed E-state index contributed by atoms with van der Waals surface area (Å²) < 4.78 is 0. The van der Waals surface area contributed by atoms with Gasteiger partial charge >= 0.3 is 0 Å². The van der Waals surface area contributed by atoms with Gasteiger partial charge in [-0.2, -0.15) is 11.3 Å². The van der Waals surface area contributed by atoms with E-state index < -0.39 is 0 Å². The van der Waals surface area contributed by atoms with Crippen LogP contribution in [0.25, 0.3) is 0 Å². The van der Waals surface area contributed by atoms with Gasteiger partial charge in [0.1, 0.15) is 5.01 Å². The molecule has 2 aromatic rings. The Morgan fingerprint density at radius 1 is 1.31 bits per heavy atom. The summed E-state index contributed by atoms with van der Waals surface area (Å²) in [5, 5.41) is 8.87. The largest absolute Gasteiger partial charge is 0.378 e. The lowest BCUT2D eigenvalue weighted by atomic mass is 10.0. The van der Waals surface area contributed by atoms with Gasteiger partial charge in [0.15, 0.2) is 0 Å². The maximum atomic E-state index is 4.71. The normalized spacial score (nSPS) is 14.8. The Bertz CT molecular complexity index is 436. The molecule has 0 bridgehead atoms. The minimum absolute atomic E-state index is 0.869. The van der Waals surface area contributed by atoms with Crippen LogP contribution in [0.15, 0.2) is 16.8 Å². The van der Waals surface area contributed by atoms with Gasteiger partial charge in [-0.3, -0.25) is 0 Å². The molecule has 0 atom stereocenters. The third-order valence-corrected chi connectivity index (χ3v) is 4.70. The van der Waals surface area contributed by atoms with Crippen LogP contribution in [-0.4, -0.2) is 4.98 Å². The van der Waals surface area contributed by atoms with Crippen molar-refractivity contribution in [1.29, 1.82) is 0 Å². The molecule has 0 fully saturated rings. The number of aromatic nitrogens is 1. The summed E-state index contributed by atoms with van der Waals surface area (Å²) >= 11 is 3.61. The molecule has 16 heavy (non-hydrogen) atoms. The van der Waals surface area contributed by atoms with Crippen LogP contribution < -0.4 is 5.32 Å². The molecule has 0 aliphatic heterocycles. The first-order chi connectivity index (χ1) is 7.92. The van der Waals surface area contributed by atoms with Crippen molar-refractivity contribution in [2.45, 2.75) is 32.2 Å². The lowest BCUT2D eigenvalue weighted by Crippen LogP contribution is -2.00. The van der Waals surface area contributed by atoms with Gasteiger partial charge in [-0.15, -0.1) is 11.3 Å². The Morgan fingerprint density at radius 2 is 2.25 bits per heavy atom. The van der Waals surface area contributed by atoms with Crippen molar-refractivity contribution in [3.05, 3.63) is 32.4 Å². The Balaban J connectivity index is 1.68. The zero-order chi connectivity index (χ0) is 10.8. The van der Waals surface area contributed by atoms with Gasteiger partial charge in [0.2, 0.25) is 0 Å². The molecule has 0 unspecified atom stereocenters. The summed E-state index contributed by atoms with van der Waals surface area (Å²) in [6, 6.07) is 2.11. The van der Waals surface area contributed by atoms with Crippen molar-refractivity contribution in [2.75, 3.05) is 5.32 Å². The highest BCUT2D eigenvalue weighted by atomic mass is 32.1. The predicted octanol–water partition coefficient (Wildman–Crippen LogP) is 3.70. The summed E-state index contributed by atoms with van der Waals surface area (Å²) in [4.78, 5) is 6.23. The molecule has 0 saturated carbocycles. The van der Waals surface area contributed by atoms with Gasteiger partial charge < -0.3 is 5.32 Å². The Kier molecular flexibility index (Phi) is 2.93. The Morgan fingerprint density at radius 3 is 3.06 bits per heavy atom. The number of hydrogen-bond donors (Lipinski definition) is 1. The maximum Gasteiger partial charge on any atom is 0.112 e. The standard InChI is InChI=1S/C12H14N2S2/c1-2-4-11-10(3-1)14-12(16-11)7-13-9-5-6-15-8-9/h5-6,8,13H,1-4,7H2. The molecule has 1 N–H and O–H groups in total. The van der Waals surface area contributed by atoms with Gasteiger partial charge in [0, 0.05) is 15.9 Å². The lowest BCUT2D eigenvalue weighted by Gasteiger charge is -2.06. The fourth-order valence-corrected chi connectivity index (χ4v) is 3.73. The maximum absolute atomic E-state index is 4.71. The fraction of sp³-hybridized carbons (Fsp3) is 0.417. The zero-order valence-corrected chi connectivity index (χ0v) is 10.7. The van der Waals surface area contributed by atoms with E-state index in [2.05, 4.69) is 22.1 Å². The number of fused-ring (bicyclic) bond motifs is 1. The number of rotatable bonds is 3. The molecule has 2 nitrogen and oxygen atoms in total. The van der Waals surface area contributed by atoms with Gasteiger partial charge in [-0.1, -0.05) is 0 Å². The molecule has 3 rings (SSSR count). The van der Waals surface area contributed by atoms with Crippen molar-refractivity contribution < 1.29 is 0 Å². The lowest BCUT2D eigenvalue weighted by molar-refractivity contribution is 0.681. The molecule has 4 heteroatoms. The number of nitrogens with one attached hydrogen (secondary N) is 1. The second kappa shape index (κ2) is 4.55. The summed E-state index contributed by atoms with van der Waals surface area (Å²) in [7, 11) is 0. The van der Waals surface area contributed by atoms with Gasteiger partial charge in [-0.05, 0) is 37.1 Å². The molecule has 0 amide bonds. The van der Waals surface area contributed by atoms with Crippen LogP contribution in [0.4, 0.5) is 5.69 Å². The topological polar surface area (TPSA) is 24.9 Å². The Labute approximate surface area is 103 Å². The number of thiophene rings is 1. The fourth-order valence-electron chi connectivity index (χ4n) is 2.02. The average molecular weight is 250 g/mol. The minimum atomic E-state index is 0.869. The van der Waals surface area contributed by atoms with Crippen molar-refractivity contribution >= 4 is 28.4 Å². The smallest absolute Gasteiger partial charge is 0.112 e. The van der Waals surface area contributed by atoms with Crippen LogP contribution in [0, 0.1) is 0 Å². The van der Waals surface area contributed by atoms with E-state index in [1.165, 1.54) is 46.9 Å². The molecule has 0 radical (unpaired) electrons. The molecule has 0 aromatic carbocycles. The molecule has 0 spiro atoms. The minimum Gasteiger partial charge on any atom is -0.378 e. The average Bonchev–Trinajstić information content (AvgIpc) is 2.95. The quantitative estimate of drug-likeness (QED) is 0.898. The molecule has 2 aromatic heterocycles. The summed E-state index contributed by atoms with van der Waals surface area (Å²) in [6.45, 7) is 0.869. The number of aryl methyl sites for hydroxylation is 2. The molecule has 84 valence electrons. The second-order valence-electron chi connectivity index (χ2n) is 4.05. The van der Waals surface area contributed by atoms with Crippen molar-refractivity contribution in [3.63, 3.8) is 0 Å². The first-order valence-electron chi connectivity index (χ1n) is 5.65. The van der Waals surface area contributed by atoms with Gasteiger partial charge in [0.05, 0.1) is 12.2 Å². The first-order valence-corrected chi connectivity index (χ1v) is 7.41. The van der Waals surface area contributed by atoms with Crippen LogP contribution in [-0.2, 0) is 19.4 Å². The van der Waals surface area contributed by atoms with Crippen molar-refractivity contribution in [3.8, 4) is 0 Å². The summed E-state index contributed by atoms with van der Waals surface area (Å²) in [6.07, 6.45) is 5.08. The summed E-state index contributed by atoms with van der Waals surface area (Å²) in [5.74, 6) is 0. The molecule has 1 aliphatic carbocycles. The van der Waals surface area contributed by atoms with Crippen LogP contribution >= 0.6 is 22.7 Å². The molecule has 1 aliphatic rings. The first kappa shape index (κ1) is 10.3. The molecule has 0 saturated heterocycles. The van der Waals surface area contributed by atoms with E-state index in [1.54, 1.807) is 11.3 Å².